The summed E-state index contributed by atoms with van der Waals surface area (Å²) in [4.78, 5) is 4.30. The molecule has 96 valence electrons. The van der Waals surface area contributed by atoms with Gasteiger partial charge in [-0.25, -0.2) is 0 Å². The largest absolute Gasteiger partial charge is 0.428 e. The minimum Gasteiger partial charge on any atom is -0.428 e. The van der Waals surface area contributed by atoms with Gasteiger partial charge >= 0.3 is 0 Å². The molecular formula is C15H20N2O. The van der Waals surface area contributed by atoms with E-state index in [-0.39, 0.29) is 0 Å². The molecule has 0 aliphatic rings. The van der Waals surface area contributed by atoms with E-state index in [1.165, 1.54) is 16.7 Å². The van der Waals surface area contributed by atoms with E-state index in [1.807, 2.05) is 14.0 Å². The number of nitrogens with one attached hydrogen (secondary N) is 1. The van der Waals surface area contributed by atoms with E-state index in [9.17, 15) is 0 Å². The fourth-order valence-electron chi connectivity index (χ4n) is 2.14. The minimum absolute atomic E-state index is 0.600. The van der Waals surface area contributed by atoms with Crippen molar-refractivity contribution >= 4 is 6.01 Å². The first kappa shape index (κ1) is 12.7. The van der Waals surface area contributed by atoms with Gasteiger partial charge in [0.05, 0.1) is 5.69 Å². The number of hydrogen-bond acceptors (Lipinski definition) is 3. The summed E-state index contributed by atoms with van der Waals surface area (Å²) in [6.07, 6.45) is 1.88. The van der Waals surface area contributed by atoms with Crippen LogP contribution in [0.5, 0.6) is 0 Å². The molecule has 1 aromatic heterocycles. The van der Waals surface area contributed by atoms with Crippen molar-refractivity contribution in [3.63, 3.8) is 0 Å². The summed E-state index contributed by atoms with van der Waals surface area (Å²) in [5, 5.41) is 2.93. The first-order chi connectivity index (χ1) is 8.60. The van der Waals surface area contributed by atoms with Gasteiger partial charge in [0.15, 0.2) is 0 Å². The Bertz CT molecular complexity index is 543. The normalized spacial score (nSPS) is 10.7. The Kier molecular flexibility index (Phi) is 3.70. The van der Waals surface area contributed by atoms with E-state index >= 15 is 0 Å². The maximum atomic E-state index is 5.63. The quantitative estimate of drug-likeness (QED) is 0.895. The smallest absolute Gasteiger partial charge is 0.294 e. The molecule has 3 heteroatoms. The molecule has 1 aromatic carbocycles. The van der Waals surface area contributed by atoms with E-state index in [0.717, 1.165) is 24.3 Å². The van der Waals surface area contributed by atoms with Crippen LogP contribution in [-0.2, 0) is 12.8 Å². The van der Waals surface area contributed by atoms with Gasteiger partial charge in [-0.3, -0.25) is 0 Å². The number of hydrogen-bond donors (Lipinski definition) is 1. The first-order valence-corrected chi connectivity index (χ1v) is 6.30. The molecule has 0 atom stereocenters. The van der Waals surface area contributed by atoms with Crippen LogP contribution < -0.4 is 5.32 Å². The van der Waals surface area contributed by atoms with Crippen molar-refractivity contribution in [2.75, 3.05) is 12.4 Å². The maximum absolute atomic E-state index is 5.63. The van der Waals surface area contributed by atoms with E-state index < -0.39 is 0 Å². The third-order valence-corrected chi connectivity index (χ3v) is 3.23. The Balaban J connectivity index is 2.08. The number of aromatic nitrogens is 1. The Hall–Kier alpha value is -1.77. The van der Waals surface area contributed by atoms with Crippen molar-refractivity contribution in [1.82, 2.24) is 4.98 Å². The number of aryl methyl sites for hydroxylation is 5. The lowest BCUT2D eigenvalue weighted by Gasteiger charge is -2.05. The van der Waals surface area contributed by atoms with Crippen LogP contribution in [0.1, 0.15) is 28.1 Å². The van der Waals surface area contributed by atoms with Crippen molar-refractivity contribution in [3.8, 4) is 0 Å². The topological polar surface area (TPSA) is 38.1 Å². The number of anilines is 1. The molecule has 3 nitrogen and oxygen atoms in total. The van der Waals surface area contributed by atoms with Crippen molar-refractivity contribution in [1.29, 1.82) is 0 Å². The van der Waals surface area contributed by atoms with Crippen LogP contribution in [0, 0.1) is 20.8 Å². The highest BCUT2D eigenvalue weighted by Gasteiger charge is 2.09. The molecule has 0 spiro atoms. The molecule has 18 heavy (non-hydrogen) atoms. The molecule has 0 radical (unpaired) electrons. The lowest BCUT2D eigenvalue weighted by Crippen LogP contribution is -1.95. The van der Waals surface area contributed by atoms with Crippen LogP contribution in [0.4, 0.5) is 6.01 Å². The molecule has 0 fully saturated rings. The Morgan fingerprint density at radius 3 is 2.56 bits per heavy atom. The predicted octanol–water partition coefficient (Wildman–Crippen LogP) is 3.43. The molecule has 0 aliphatic heterocycles. The van der Waals surface area contributed by atoms with Gasteiger partial charge in [-0.2, -0.15) is 4.98 Å². The number of oxazole rings is 1. The van der Waals surface area contributed by atoms with Crippen molar-refractivity contribution in [2.45, 2.75) is 33.6 Å². The first-order valence-electron chi connectivity index (χ1n) is 6.30. The zero-order valence-electron chi connectivity index (χ0n) is 11.5. The van der Waals surface area contributed by atoms with Gasteiger partial charge < -0.3 is 9.73 Å². The van der Waals surface area contributed by atoms with Crippen LogP contribution >= 0.6 is 0 Å². The van der Waals surface area contributed by atoms with Gasteiger partial charge in [0.2, 0.25) is 0 Å². The highest BCUT2D eigenvalue weighted by molar-refractivity contribution is 5.31. The van der Waals surface area contributed by atoms with E-state index in [1.54, 1.807) is 0 Å². The summed E-state index contributed by atoms with van der Waals surface area (Å²) in [6, 6.07) is 7.19. The molecule has 0 bridgehead atoms. The summed E-state index contributed by atoms with van der Waals surface area (Å²) < 4.78 is 5.63. The zero-order chi connectivity index (χ0) is 13.1. The molecule has 0 aliphatic carbocycles. The Labute approximate surface area is 108 Å². The molecule has 0 amide bonds. The van der Waals surface area contributed by atoms with Crippen molar-refractivity contribution in [2.24, 2.45) is 0 Å². The lowest BCUT2D eigenvalue weighted by molar-refractivity contribution is 0.516. The van der Waals surface area contributed by atoms with Gasteiger partial charge in [-0.05, 0) is 38.3 Å². The maximum Gasteiger partial charge on any atom is 0.294 e. The van der Waals surface area contributed by atoms with Crippen LogP contribution in [-0.4, -0.2) is 12.0 Å². The lowest BCUT2D eigenvalue weighted by atomic mass is 10.0. The molecule has 2 aromatic rings. The standard InChI is InChI=1S/C15H20N2O/c1-10-5-6-13(11(2)9-10)7-8-14-12(3)17-15(16-4)18-14/h5-6,9H,7-8H2,1-4H3,(H,16,17). The fourth-order valence-corrected chi connectivity index (χ4v) is 2.14. The predicted molar refractivity (Wildman–Crippen MR) is 74.1 cm³/mol. The van der Waals surface area contributed by atoms with Gasteiger partial charge in [-0.1, -0.05) is 23.8 Å². The fraction of sp³-hybridized carbons (Fsp3) is 0.400. The highest BCUT2D eigenvalue weighted by atomic mass is 16.4. The van der Waals surface area contributed by atoms with E-state index in [0.29, 0.717) is 6.01 Å². The summed E-state index contributed by atoms with van der Waals surface area (Å²) in [5.74, 6) is 0.972. The average molecular weight is 244 g/mol. The van der Waals surface area contributed by atoms with E-state index in [4.69, 9.17) is 4.42 Å². The van der Waals surface area contributed by atoms with Crippen LogP contribution in [0.15, 0.2) is 22.6 Å². The number of rotatable bonds is 4. The molecule has 0 saturated carbocycles. The average Bonchev–Trinajstić information content (AvgIpc) is 2.69. The molecule has 2 rings (SSSR count). The van der Waals surface area contributed by atoms with Gasteiger partial charge in [0, 0.05) is 13.5 Å². The van der Waals surface area contributed by atoms with Gasteiger partial charge in [0.1, 0.15) is 5.76 Å². The summed E-state index contributed by atoms with van der Waals surface area (Å²) in [5.41, 5.74) is 5.01. The summed E-state index contributed by atoms with van der Waals surface area (Å²) in [7, 11) is 1.82. The number of benzene rings is 1. The van der Waals surface area contributed by atoms with Crippen LogP contribution in [0.3, 0.4) is 0 Å². The Morgan fingerprint density at radius 1 is 1.17 bits per heavy atom. The molecular weight excluding hydrogens is 224 g/mol. The second-order valence-corrected chi connectivity index (χ2v) is 4.71. The van der Waals surface area contributed by atoms with Crippen LogP contribution in [0.25, 0.3) is 0 Å². The van der Waals surface area contributed by atoms with Crippen LogP contribution in [0.2, 0.25) is 0 Å². The number of nitrogens with zero attached hydrogens (tertiary/aromatic N) is 1. The molecule has 0 saturated heterocycles. The summed E-state index contributed by atoms with van der Waals surface area (Å²) >= 11 is 0. The monoisotopic (exact) mass is 244 g/mol. The van der Waals surface area contributed by atoms with Crippen molar-refractivity contribution < 1.29 is 4.42 Å². The van der Waals surface area contributed by atoms with Crippen molar-refractivity contribution in [3.05, 3.63) is 46.3 Å². The minimum atomic E-state index is 0.600. The third-order valence-electron chi connectivity index (χ3n) is 3.23. The van der Waals surface area contributed by atoms with Gasteiger partial charge in [-0.15, -0.1) is 0 Å². The zero-order valence-corrected chi connectivity index (χ0v) is 11.5. The Morgan fingerprint density at radius 2 is 1.94 bits per heavy atom. The highest BCUT2D eigenvalue weighted by Crippen LogP contribution is 2.18. The third kappa shape index (κ3) is 2.73. The van der Waals surface area contributed by atoms with Gasteiger partial charge in [0.25, 0.3) is 6.01 Å². The summed E-state index contributed by atoms with van der Waals surface area (Å²) in [6.45, 7) is 6.27. The SMILES string of the molecule is CNc1nc(C)c(CCc2ccc(C)cc2C)o1. The van der Waals surface area contributed by atoms with E-state index in [2.05, 4.69) is 42.3 Å². The molecule has 0 unspecified atom stereocenters. The molecule has 1 heterocycles. The second-order valence-electron chi connectivity index (χ2n) is 4.71. The second kappa shape index (κ2) is 5.25. The molecule has 1 N–H and O–H groups in total.